The van der Waals surface area contributed by atoms with Gasteiger partial charge < -0.3 is 15.8 Å². The number of hydrogen-bond acceptors (Lipinski definition) is 3. The largest absolute Gasteiger partial charge is 0.397 e. The molecule has 10 heteroatoms. The van der Waals surface area contributed by atoms with Gasteiger partial charge in [0.05, 0.1) is 16.4 Å². The number of rotatable bonds is 6. The van der Waals surface area contributed by atoms with E-state index in [4.69, 9.17) is 28.9 Å². The van der Waals surface area contributed by atoms with Crippen molar-refractivity contribution in [2.24, 2.45) is 0 Å². The summed E-state index contributed by atoms with van der Waals surface area (Å²) < 4.78 is 53.0. The first-order valence-electron chi connectivity index (χ1n) is 5.41. The number of nitrogens with one attached hydrogen (secondary N) is 1. The molecule has 1 aromatic rings. The molecular weight excluding hydrogens is 339 g/mol. The van der Waals surface area contributed by atoms with Crippen LogP contribution in [0.3, 0.4) is 0 Å². The average Bonchev–Trinajstić information content (AvgIpc) is 2.33. The summed E-state index contributed by atoms with van der Waals surface area (Å²) >= 11 is 11.5. The molecule has 0 aliphatic heterocycles. The third-order valence-corrected chi connectivity index (χ3v) is 2.71. The highest BCUT2D eigenvalue weighted by Gasteiger charge is 2.41. The smallest absolute Gasteiger partial charge is 0.330 e. The Morgan fingerprint density at radius 3 is 2.52 bits per heavy atom. The number of benzene rings is 1. The third kappa shape index (κ3) is 5.22. The van der Waals surface area contributed by atoms with E-state index in [9.17, 15) is 22.4 Å². The molecule has 0 atom stereocenters. The van der Waals surface area contributed by atoms with E-state index < -0.39 is 31.5 Å². The van der Waals surface area contributed by atoms with Gasteiger partial charge in [-0.15, -0.1) is 0 Å². The van der Waals surface area contributed by atoms with Crippen LogP contribution < -0.4 is 11.1 Å². The van der Waals surface area contributed by atoms with Crippen molar-refractivity contribution in [1.29, 1.82) is 0 Å². The van der Waals surface area contributed by atoms with E-state index in [-0.39, 0.29) is 21.4 Å². The Balaban J connectivity index is 2.56. The van der Waals surface area contributed by atoms with Gasteiger partial charge in [-0.05, 0) is 12.1 Å². The van der Waals surface area contributed by atoms with E-state index in [0.29, 0.717) is 0 Å². The topological polar surface area (TPSA) is 64.3 Å². The van der Waals surface area contributed by atoms with Crippen LogP contribution in [-0.2, 0) is 9.53 Å². The second kappa shape index (κ2) is 7.15. The normalized spacial score (nSPS) is 11.8. The van der Waals surface area contributed by atoms with Crippen LogP contribution in [0.25, 0.3) is 0 Å². The first-order valence-corrected chi connectivity index (χ1v) is 6.17. The maximum atomic E-state index is 12.5. The van der Waals surface area contributed by atoms with Crippen molar-refractivity contribution in [2.75, 3.05) is 24.3 Å². The lowest BCUT2D eigenvalue weighted by Gasteiger charge is -2.15. The van der Waals surface area contributed by atoms with Crippen molar-refractivity contribution in [3.8, 4) is 0 Å². The van der Waals surface area contributed by atoms with Crippen LogP contribution in [0.4, 0.5) is 28.9 Å². The quantitative estimate of drug-likeness (QED) is 0.611. The van der Waals surface area contributed by atoms with Gasteiger partial charge in [0.15, 0.2) is 0 Å². The second-order valence-corrected chi connectivity index (χ2v) is 4.80. The Bertz CT molecular complexity index is 506. The number of alkyl halides is 4. The molecule has 0 spiro atoms. The summed E-state index contributed by atoms with van der Waals surface area (Å²) in [6.07, 6.45) is -3.87. The zero-order valence-corrected chi connectivity index (χ0v) is 11.8. The molecule has 21 heavy (non-hydrogen) atoms. The number of halogens is 6. The van der Waals surface area contributed by atoms with Crippen LogP contribution in [-0.4, -0.2) is 31.5 Å². The highest BCUT2D eigenvalue weighted by atomic mass is 35.5. The van der Waals surface area contributed by atoms with E-state index in [1.165, 1.54) is 12.1 Å². The van der Waals surface area contributed by atoms with Gasteiger partial charge in [0.25, 0.3) is 0 Å². The molecule has 4 nitrogen and oxygen atoms in total. The van der Waals surface area contributed by atoms with E-state index >= 15 is 0 Å². The zero-order valence-electron chi connectivity index (χ0n) is 10.3. The summed E-state index contributed by atoms with van der Waals surface area (Å²) in [7, 11) is 0. The van der Waals surface area contributed by atoms with Crippen LogP contribution in [0.15, 0.2) is 12.1 Å². The fourth-order valence-electron chi connectivity index (χ4n) is 1.24. The number of nitrogens with two attached hydrogens (primary N) is 1. The SMILES string of the molecule is Nc1cc(Cl)cc(Cl)c1NC(=O)COCC(F)(F)C(F)F. The molecule has 0 unspecified atom stereocenters. The lowest BCUT2D eigenvalue weighted by molar-refractivity contribution is -0.167. The predicted molar refractivity (Wildman–Crippen MR) is 71.3 cm³/mol. The summed E-state index contributed by atoms with van der Waals surface area (Å²) in [5.41, 5.74) is 5.64. The number of carbonyl (C=O) groups is 1. The van der Waals surface area contributed by atoms with Gasteiger partial charge in [-0.25, -0.2) is 8.78 Å². The highest BCUT2D eigenvalue weighted by Crippen LogP contribution is 2.32. The van der Waals surface area contributed by atoms with Gasteiger partial charge in [0, 0.05) is 5.02 Å². The summed E-state index contributed by atoms with van der Waals surface area (Å²) in [6, 6.07) is 2.62. The van der Waals surface area contributed by atoms with E-state index in [0.717, 1.165) is 0 Å². The lowest BCUT2D eigenvalue weighted by atomic mass is 10.2. The molecule has 0 saturated carbocycles. The number of amides is 1. The van der Waals surface area contributed by atoms with Crippen molar-refractivity contribution < 1.29 is 27.1 Å². The number of ether oxygens (including phenoxy) is 1. The molecular formula is C11H10Cl2F4N2O2. The molecule has 0 aliphatic carbocycles. The van der Waals surface area contributed by atoms with Crippen LogP contribution in [0, 0.1) is 0 Å². The molecule has 0 saturated heterocycles. The maximum absolute atomic E-state index is 12.5. The molecule has 1 amide bonds. The molecule has 0 bridgehead atoms. The van der Waals surface area contributed by atoms with Gasteiger partial charge in [-0.3, -0.25) is 4.79 Å². The Morgan fingerprint density at radius 1 is 1.38 bits per heavy atom. The van der Waals surface area contributed by atoms with Crippen LogP contribution in [0.2, 0.25) is 10.0 Å². The van der Waals surface area contributed by atoms with Crippen molar-refractivity contribution in [3.05, 3.63) is 22.2 Å². The zero-order chi connectivity index (χ0) is 16.2. The minimum absolute atomic E-state index is 0.0234. The van der Waals surface area contributed by atoms with Crippen LogP contribution in [0.5, 0.6) is 0 Å². The first kappa shape index (κ1) is 17.8. The molecule has 1 rings (SSSR count). The number of hydrogen-bond donors (Lipinski definition) is 2. The Labute approximate surface area is 127 Å². The number of anilines is 2. The predicted octanol–water partition coefficient (Wildman–Crippen LogP) is 3.43. The summed E-state index contributed by atoms with van der Waals surface area (Å²) in [4.78, 5) is 11.4. The molecule has 1 aromatic carbocycles. The molecule has 118 valence electrons. The van der Waals surface area contributed by atoms with Gasteiger partial charge in [0.2, 0.25) is 5.91 Å². The third-order valence-electron chi connectivity index (χ3n) is 2.20. The second-order valence-electron chi connectivity index (χ2n) is 3.95. The summed E-state index contributed by atoms with van der Waals surface area (Å²) in [5.74, 6) is -5.20. The van der Waals surface area contributed by atoms with Gasteiger partial charge in [-0.2, -0.15) is 8.78 Å². The molecule has 0 aromatic heterocycles. The lowest BCUT2D eigenvalue weighted by Crippen LogP contribution is -2.34. The van der Waals surface area contributed by atoms with Crippen molar-refractivity contribution in [2.45, 2.75) is 12.3 Å². The first-order chi connectivity index (χ1) is 9.63. The Morgan fingerprint density at radius 2 is 2.00 bits per heavy atom. The molecule has 0 fully saturated rings. The molecule has 0 heterocycles. The fraction of sp³-hybridized carbons (Fsp3) is 0.364. The molecule has 0 aliphatic rings. The molecule has 3 N–H and O–H groups in total. The minimum Gasteiger partial charge on any atom is -0.397 e. The number of nitrogen functional groups attached to an aromatic ring is 1. The molecule has 0 radical (unpaired) electrons. The van der Waals surface area contributed by atoms with Crippen molar-refractivity contribution in [1.82, 2.24) is 0 Å². The van der Waals surface area contributed by atoms with E-state index in [1.54, 1.807) is 0 Å². The van der Waals surface area contributed by atoms with Crippen LogP contribution in [0.1, 0.15) is 0 Å². The van der Waals surface area contributed by atoms with Crippen molar-refractivity contribution in [3.63, 3.8) is 0 Å². The highest BCUT2D eigenvalue weighted by molar-refractivity contribution is 6.37. The van der Waals surface area contributed by atoms with Gasteiger partial charge in [0.1, 0.15) is 13.2 Å². The van der Waals surface area contributed by atoms with Crippen LogP contribution >= 0.6 is 23.2 Å². The monoisotopic (exact) mass is 348 g/mol. The minimum atomic E-state index is -4.32. The maximum Gasteiger partial charge on any atom is 0.330 e. The summed E-state index contributed by atoms with van der Waals surface area (Å²) in [6.45, 7) is -2.44. The Hall–Kier alpha value is -1.25. The van der Waals surface area contributed by atoms with Gasteiger partial charge in [-0.1, -0.05) is 23.2 Å². The van der Waals surface area contributed by atoms with Crippen molar-refractivity contribution >= 4 is 40.5 Å². The average molecular weight is 349 g/mol. The number of carbonyl (C=O) groups excluding carboxylic acids is 1. The fourth-order valence-corrected chi connectivity index (χ4v) is 1.80. The van der Waals surface area contributed by atoms with E-state index in [1.807, 2.05) is 0 Å². The van der Waals surface area contributed by atoms with E-state index in [2.05, 4.69) is 10.1 Å². The van der Waals surface area contributed by atoms with Gasteiger partial charge >= 0.3 is 12.3 Å². The summed E-state index contributed by atoms with van der Waals surface area (Å²) in [5, 5.41) is 2.48. The Kier molecular flexibility index (Phi) is 6.06. The standard InChI is InChI=1S/C11H10Cl2F4N2O2/c12-5-1-6(13)9(7(18)2-5)19-8(20)3-21-4-11(16,17)10(14)15/h1-2,10H,3-4,18H2,(H,19,20).